The third kappa shape index (κ3) is 6.14. The fourth-order valence-corrected chi connectivity index (χ4v) is 4.40. The fraction of sp³-hybridized carbons (Fsp3) is 0.345. The van der Waals surface area contributed by atoms with Crippen LogP contribution >= 0.6 is 0 Å². The Kier molecular flexibility index (Phi) is 8.18. The lowest BCUT2D eigenvalue weighted by Crippen LogP contribution is -2.50. The molecule has 7 nitrogen and oxygen atoms in total. The summed E-state index contributed by atoms with van der Waals surface area (Å²) >= 11 is 0. The van der Waals surface area contributed by atoms with Crippen molar-refractivity contribution < 1.29 is 23.8 Å². The Bertz CT molecular complexity index is 1240. The van der Waals surface area contributed by atoms with Crippen LogP contribution in [0.1, 0.15) is 29.8 Å². The van der Waals surface area contributed by atoms with E-state index in [4.69, 9.17) is 4.74 Å². The molecule has 2 aromatic carbocycles. The van der Waals surface area contributed by atoms with Gasteiger partial charge in [0.15, 0.2) is 0 Å². The summed E-state index contributed by atoms with van der Waals surface area (Å²) < 4.78 is 19.7. The average molecular weight is 506 g/mol. The zero-order valence-corrected chi connectivity index (χ0v) is 21.3. The summed E-state index contributed by atoms with van der Waals surface area (Å²) in [5, 5.41) is 9.85. The number of likely N-dealkylation sites (N-methyl/N-ethyl adjacent to an activating group) is 1. The third-order valence-electron chi connectivity index (χ3n) is 6.78. The van der Waals surface area contributed by atoms with Crippen LogP contribution in [0.5, 0.6) is 5.88 Å². The quantitative estimate of drug-likeness (QED) is 0.528. The molecular formula is C29H32FN3O4. The Morgan fingerprint density at radius 2 is 1.89 bits per heavy atom. The molecule has 1 aromatic heterocycles. The molecule has 1 aliphatic heterocycles. The Balaban J connectivity index is 1.63. The third-order valence-corrected chi connectivity index (χ3v) is 6.78. The first-order chi connectivity index (χ1) is 17.8. The highest BCUT2D eigenvalue weighted by molar-refractivity contribution is 5.98. The summed E-state index contributed by atoms with van der Waals surface area (Å²) in [6, 6.07) is 16.8. The van der Waals surface area contributed by atoms with Gasteiger partial charge in [0, 0.05) is 31.3 Å². The molecule has 8 heteroatoms. The maximum atomic E-state index is 13.6. The first kappa shape index (κ1) is 26.3. The zero-order chi connectivity index (χ0) is 26.5. The van der Waals surface area contributed by atoms with Crippen LogP contribution in [0.15, 0.2) is 66.9 Å². The van der Waals surface area contributed by atoms with Gasteiger partial charge in [-0.3, -0.25) is 9.59 Å². The number of pyridine rings is 1. The van der Waals surface area contributed by atoms with Crippen LogP contribution in [0, 0.1) is 11.7 Å². The van der Waals surface area contributed by atoms with Gasteiger partial charge in [-0.15, -0.1) is 0 Å². The minimum absolute atomic E-state index is 0.0411. The smallest absolute Gasteiger partial charge is 0.259 e. The number of aliphatic hydroxyl groups excluding tert-OH is 1. The van der Waals surface area contributed by atoms with E-state index in [1.807, 2.05) is 37.3 Å². The van der Waals surface area contributed by atoms with Crippen LogP contribution < -0.4 is 4.74 Å². The number of ether oxygens (including phenoxy) is 1. The second-order valence-corrected chi connectivity index (χ2v) is 9.64. The van der Waals surface area contributed by atoms with Gasteiger partial charge in [-0.2, -0.15) is 0 Å². The van der Waals surface area contributed by atoms with Gasteiger partial charge >= 0.3 is 0 Å². The van der Waals surface area contributed by atoms with Crippen molar-refractivity contribution in [2.24, 2.45) is 5.92 Å². The molecule has 0 fully saturated rings. The molecule has 3 aromatic rings. The van der Waals surface area contributed by atoms with Crippen LogP contribution in [-0.2, 0) is 11.2 Å². The lowest BCUT2D eigenvalue weighted by atomic mass is 9.99. The van der Waals surface area contributed by atoms with Crippen LogP contribution in [-0.4, -0.2) is 70.6 Å². The summed E-state index contributed by atoms with van der Waals surface area (Å²) in [6.45, 7) is 4.20. The number of nitrogens with zero attached hydrogens (tertiary/aromatic N) is 3. The lowest BCUT2D eigenvalue weighted by Gasteiger charge is -2.37. The SMILES string of the molecule is C[C@H](CO)N1C[C@H](C)[C@@H](CN(C)C(=O)Cc2ccccc2)Oc2ncc(-c3ccc(F)cc3)cc2C1=O. The number of hydrogen-bond donors (Lipinski definition) is 1. The number of rotatable bonds is 7. The number of fused-ring (bicyclic) bond motifs is 1. The number of aliphatic hydroxyl groups is 1. The Morgan fingerprint density at radius 1 is 1.19 bits per heavy atom. The summed E-state index contributed by atoms with van der Waals surface area (Å²) in [5.74, 6) is -0.663. The van der Waals surface area contributed by atoms with Crippen molar-refractivity contribution in [3.8, 4) is 17.0 Å². The highest BCUT2D eigenvalue weighted by Crippen LogP contribution is 2.30. The zero-order valence-electron chi connectivity index (χ0n) is 21.3. The molecule has 0 aliphatic carbocycles. The molecule has 3 atom stereocenters. The first-order valence-corrected chi connectivity index (χ1v) is 12.4. The predicted octanol–water partition coefficient (Wildman–Crippen LogP) is 3.81. The maximum Gasteiger partial charge on any atom is 0.259 e. The van der Waals surface area contributed by atoms with E-state index in [0.717, 1.165) is 5.56 Å². The van der Waals surface area contributed by atoms with Gasteiger partial charge < -0.3 is 19.6 Å². The normalized spacial score (nSPS) is 18.3. The van der Waals surface area contributed by atoms with E-state index in [1.54, 1.807) is 48.2 Å². The molecular weight excluding hydrogens is 473 g/mol. The van der Waals surface area contributed by atoms with E-state index in [2.05, 4.69) is 4.98 Å². The van der Waals surface area contributed by atoms with Gasteiger partial charge in [-0.1, -0.05) is 49.4 Å². The van der Waals surface area contributed by atoms with Crippen molar-refractivity contribution in [2.45, 2.75) is 32.4 Å². The average Bonchev–Trinajstić information content (AvgIpc) is 2.91. The topological polar surface area (TPSA) is 83.0 Å². The standard InChI is InChI=1S/C29H32FN3O4/c1-19-16-33(20(2)18-34)29(36)25-14-23(22-9-11-24(30)12-10-22)15-31-28(25)37-26(19)17-32(3)27(35)13-21-7-5-4-6-8-21/h4-12,14-15,19-20,26,34H,13,16-18H2,1-3H3/t19-,20+,26+/m0/s1. The second-order valence-electron chi connectivity index (χ2n) is 9.64. The highest BCUT2D eigenvalue weighted by Gasteiger charge is 2.34. The minimum atomic E-state index is -0.436. The summed E-state index contributed by atoms with van der Waals surface area (Å²) in [6.07, 6.45) is 1.43. The number of hydrogen-bond acceptors (Lipinski definition) is 5. The molecule has 0 saturated carbocycles. The molecule has 0 saturated heterocycles. The highest BCUT2D eigenvalue weighted by atomic mass is 19.1. The van der Waals surface area contributed by atoms with E-state index in [0.29, 0.717) is 24.2 Å². The number of benzene rings is 2. The van der Waals surface area contributed by atoms with Gasteiger partial charge in [0.2, 0.25) is 11.8 Å². The first-order valence-electron chi connectivity index (χ1n) is 12.4. The van der Waals surface area contributed by atoms with Gasteiger partial charge in [-0.25, -0.2) is 9.37 Å². The largest absolute Gasteiger partial charge is 0.472 e. The Hall–Kier alpha value is -3.78. The molecule has 0 bridgehead atoms. The summed E-state index contributed by atoms with van der Waals surface area (Å²) in [5.41, 5.74) is 2.55. The van der Waals surface area contributed by atoms with Crippen molar-refractivity contribution in [1.82, 2.24) is 14.8 Å². The summed E-state index contributed by atoms with van der Waals surface area (Å²) in [7, 11) is 1.74. The van der Waals surface area contributed by atoms with Gasteiger partial charge in [-0.05, 0) is 36.2 Å². The molecule has 2 heterocycles. The monoisotopic (exact) mass is 505 g/mol. The van der Waals surface area contributed by atoms with Crippen LogP contribution in [0.4, 0.5) is 4.39 Å². The van der Waals surface area contributed by atoms with E-state index in [-0.39, 0.29) is 48.0 Å². The number of amides is 2. The Labute approximate surface area is 216 Å². The van der Waals surface area contributed by atoms with Gasteiger partial charge in [0.1, 0.15) is 17.5 Å². The molecule has 2 amide bonds. The van der Waals surface area contributed by atoms with Gasteiger partial charge in [0.05, 0.1) is 25.6 Å². The Morgan fingerprint density at radius 3 is 2.57 bits per heavy atom. The minimum Gasteiger partial charge on any atom is -0.472 e. The maximum absolute atomic E-state index is 13.6. The molecule has 194 valence electrons. The van der Waals surface area contributed by atoms with Crippen molar-refractivity contribution in [1.29, 1.82) is 0 Å². The van der Waals surface area contributed by atoms with Crippen molar-refractivity contribution in [3.05, 3.63) is 83.8 Å². The number of carbonyl (C=O) groups is 2. The number of halogens is 1. The van der Waals surface area contributed by atoms with Gasteiger partial charge in [0.25, 0.3) is 5.91 Å². The molecule has 1 N–H and O–H groups in total. The van der Waals surface area contributed by atoms with E-state index >= 15 is 0 Å². The predicted molar refractivity (Wildman–Crippen MR) is 139 cm³/mol. The van der Waals surface area contributed by atoms with Crippen molar-refractivity contribution in [2.75, 3.05) is 26.7 Å². The van der Waals surface area contributed by atoms with Crippen LogP contribution in [0.3, 0.4) is 0 Å². The number of aromatic nitrogens is 1. The molecule has 1 aliphatic rings. The van der Waals surface area contributed by atoms with E-state index < -0.39 is 12.1 Å². The molecule has 0 unspecified atom stereocenters. The lowest BCUT2D eigenvalue weighted by molar-refractivity contribution is -0.130. The number of carbonyl (C=O) groups excluding carboxylic acids is 2. The van der Waals surface area contributed by atoms with Crippen molar-refractivity contribution in [3.63, 3.8) is 0 Å². The molecule has 0 radical (unpaired) electrons. The molecule has 0 spiro atoms. The molecule has 4 rings (SSSR count). The second kappa shape index (κ2) is 11.5. The van der Waals surface area contributed by atoms with Crippen LogP contribution in [0.2, 0.25) is 0 Å². The van der Waals surface area contributed by atoms with Crippen molar-refractivity contribution >= 4 is 11.8 Å². The van der Waals surface area contributed by atoms with Crippen LogP contribution in [0.25, 0.3) is 11.1 Å². The van der Waals surface area contributed by atoms with E-state index in [1.165, 1.54) is 12.1 Å². The summed E-state index contributed by atoms with van der Waals surface area (Å²) in [4.78, 5) is 34.2. The molecule has 37 heavy (non-hydrogen) atoms. The fourth-order valence-electron chi connectivity index (χ4n) is 4.40. The van der Waals surface area contributed by atoms with E-state index in [9.17, 15) is 19.1 Å².